The molecule has 0 fully saturated rings. The van der Waals surface area contributed by atoms with Crippen LogP contribution in [0.3, 0.4) is 0 Å². The molecule has 1 nitrogen and oxygen atoms in total. The minimum Gasteiger partial charge on any atom is -0.298 e. The van der Waals surface area contributed by atoms with Crippen LogP contribution in [0.5, 0.6) is 0 Å². The number of rotatable bonds is 2. The van der Waals surface area contributed by atoms with Crippen molar-refractivity contribution in [1.29, 1.82) is 0 Å². The molecule has 0 aliphatic heterocycles. The minimum atomic E-state index is -4.39. The average molecular weight is 250 g/mol. The predicted octanol–water partition coefficient (Wildman–Crippen LogP) is 4.18. The van der Waals surface area contributed by atoms with Gasteiger partial charge in [0.2, 0.25) is 0 Å². The minimum absolute atomic E-state index is 0.113. The van der Waals surface area contributed by atoms with Crippen LogP contribution in [0.1, 0.15) is 15.9 Å². The quantitative estimate of drug-likeness (QED) is 0.730. The van der Waals surface area contributed by atoms with E-state index in [9.17, 15) is 18.0 Å². The van der Waals surface area contributed by atoms with Crippen molar-refractivity contribution in [3.8, 4) is 11.1 Å². The number of hydrogen-bond donors (Lipinski definition) is 0. The molecule has 0 aliphatic rings. The number of aldehydes is 1. The highest BCUT2D eigenvalue weighted by atomic mass is 19.4. The summed E-state index contributed by atoms with van der Waals surface area (Å²) in [5.41, 5.74) is 0.308. The van der Waals surface area contributed by atoms with Crippen LogP contribution in [0, 0.1) is 0 Å². The van der Waals surface area contributed by atoms with Crippen molar-refractivity contribution in [2.75, 3.05) is 0 Å². The van der Waals surface area contributed by atoms with E-state index in [0.29, 0.717) is 17.4 Å². The third-order valence-corrected chi connectivity index (χ3v) is 2.59. The van der Waals surface area contributed by atoms with Crippen LogP contribution in [0.15, 0.2) is 48.5 Å². The molecule has 0 bridgehead atoms. The second-order valence-corrected chi connectivity index (χ2v) is 3.78. The Kier molecular flexibility index (Phi) is 3.19. The maximum absolute atomic E-state index is 12.8. The Hall–Kier alpha value is -2.10. The monoisotopic (exact) mass is 250 g/mol. The molecule has 0 heterocycles. The molecular formula is C14H9F3O. The summed E-state index contributed by atoms with van der Waals surface area (Å²) in [6, 6.07) is 11.4. The zero-order valence-corrected chi connectivity index (χ0v) is 9.24. The van der Waals surface area contributed by atoms with Crippen molar-refractivity contribution in [2.45, 2.75) is 6.18 Å². The molecule has 4 heteroatoms. The summed E-state index contributed by atoms with van der Waals surface area (Å²) < 4.78 is 38.5. The van der Waals surface area contributed by atoms with Crippen molar-refractivity contribution < 1.29 is 18.0 Å². The fraction of sp³-hybridized carbons (Fsp3) is 0.0714. The van der Waals surface area contributed by atoms with Gasteiger partial charge >= 0.3 is 6.18 Å². The van der Waals surface area contributed by atoms with Crippen molar-refractivity contribution in [3.63, 3.8) is 0 Å². The molecule has 2 aromatic rings. The van der Waals surface area contributed by atoms with Crippen LogP contribution in [-0.4, -0.2) is 6.29 Å². The van der Waals surface area contributed by atoms with E-state index in [-0.39, 0.29) is 5.56 Å². The van der Waals surface area contributed by atoms with E-state index in [4.69, 9.17) is 0 Å². The Bertz CT molecular complexity index is 556. The molecule has 2 rings (SSSR count). The van der Waals surface area contributed by atoms with Gasteiger partial charge in [0.15, 0.2) is 0 Å². The molecule has 0 aliphatic carbocycles. The molecule has 0 N–H and O–H groups in total. The molecule has 18 heavy (non-hydrogen) atoms. The van der Waals surface area contributed by atoms with E-state index in [2.05, 4.69) is 0 Å². The molecule has 0 atom stereocenters. The van der Waals surface area contributed by atoms with E-state index in [1.165, 1.54) is 36.4 Å². The Morgan fingerprint density at radius 1 is 0.889 bits per heavy atom. The van der Waals surface area contributed by atoms with Gasteiger partial charge < -0.3 is 0 Å². The number of benzene rings is 2. The van der Waals surface area contributed by atoms with Gasteiger partial charge in [-0.1, -0.05) is 42.5 Å². The van der Waals surface area contributed by atoms with Gasteiger partial charge in [-0.05, 0) is 17.2 Å². The van der Waals surface area contributed by atoms with E-state index in [1.807, 2.05) is 0 Å². The maximum Gasteiger partial charge on any atom is 0.417 e. The van der Waals surface area contributed by atoms with Crippen molar-refractivity contribution in [3.05, 3.63) is 59.7 Å². The van der Waals surface area contributed by atoms with Crippen LogP contribution in [0.25, 0.3) is 11.1 Å². The lowest BCUT2D eigenvalue weighted by atomic mass is 9.98. The second kappa shape index (κ2) is 4.64. The number of carbonyl (C=O) groups excluding carboxylic acids is 1. The molecule has 0 spiro atoms. The largest absolute Gasteiger partial charge is 0.417 e. The zero-order chi connectivity index (χ0) is 13.2. The molecule has 92 valence electrons. The molecular weight excluding hydrogens is 241 g/mol. The van der Waals surface area contributed by atoms with Crippen LogP contribution in [-0.2, 0) is 6.18 Å². The first kappa shape index (κ1) is 12.4. The summed E-state index contributed by atoms with van der Waals surface area (Å²) in [4.78, 5) is 10.5. The number of alkyl halides is 3. The third-order valence-electron chi connectivity index (χ3n) is 2.59. The van der Waals surface area contributed by atoms with Gasteiger partial charge in [-0.15, -0.1) is 0 Å². The van der Waals surface area contributed by atoms with Gasteiger partial charge in [0.1, 0.15) is 6.29 Å². The van der Waals surface area contributed by atoms with Crippen LogP contribution >= 0.6 is 0 Å². The Balaban J connectivity index is 2.53. The molecule has 0 saturated heterocycles. The molecule has 0 saturated carbocycles. The van der Waals surface area contributed by atoms with E-state index < -0.39 is 11.7 Å². The summed E-state index contributed by atoms with van der Waals surface area (Å²) in [7, 11) is 0. The number of carbonyl (C=O) groups is 1. The Labute approximate surface area is 102 Å². The summed E-state index contributed by atoms with van der Waals surface area (Å²) >= 11 is 0. The zero-order valence-electron chi connectivity index (χ0n) is 9.24. The predicted molar refractivity (Wildman–Crippen MR) is 62.3 cm³/mol. The van der Waals surface area contributed by atoms with E-state index in [0.717, 1.165) is 6.07 Å². The number of halogens is 3. The van der Waals surface area contributed by atoms with Gasteiger partial charge in [-0.3, -0.25) is 4.79 Å². The SMILES string of the molecule is O=Cc1ccc(-c2ccccc2C(F)(F)F)cc1. The van der Waals surface area contributed by atoms with Gasteiger partial charge in [0.05, 0.1) is 5.56 Å². The molecule has 0 radical (unpaired) electrons. The summed E-state index contributed by atoms with van der Waals surface area (Å²) in [5.74, 6) is 0. The normalized spacial score (nSPS) is 11.3. The van der Waals surface area contributed by atoms with Gasteiger partial charge in [0.25, 0.3) is 0 Å². The summed E-state index contributed by atoms with van der Waals surface area (Å²) in [5, 5.41) is 0. The van der Waals surface area contributed by atoms with Crippen LogP contribution < -0.4 is 0 Å². The second-order valence-electron chi connectivity index (χ2n) is 3.78. The summed E-state index contributed by atoms with van der Waals surface area (Å²) in [6.07, 6.45) is -3.74. The molecule has 0 amide bonds. The standard InChI is InChI=1S/C14H9F3O/c15-14(16,17)13-4-2-1-3-12(13)11-7-5-10(9-18)6-8-11/h1-9H. The lowest BCUT2D eigenvalue weighted by Crippen LogP contribution is -2.06. The average Bonchev–Trinajstić information content (AvgIpc) is 2.38. The first-order valence-corrected chi connectivity index (χ1v) is 5.24. The third kappa shape index (κ3) is 2.42. The van der Waals surface area contributed by atoms with Crippen molar-refractivity contribution in [1.82, 2.24) is 0 Å². The van der Waals surface area contributed by atoms with E-state index >= 15 is 0 Å². The smallest absolute Gasteiger partial charge is 0.298 e. The van der Waals surface area contributed by atoms with Crippen LogP contribution in [0.2, 0.25) is 0 Å². The topological polar surface area (TPSA) is 17.1 Å². The molecule has 2 aromatic carbocycles. The Morgan fingerprint density at radius 2 is 1.50 bits per heavy atom. The van der Waals surface area contributed by atoms with Crippen molar-refractivity contribution in [2.24, 2.45) is 0 Å². The lowest BCUT2D eigenvalue weighted by molar-refractivity contribution is -0.137. The lowest BCUT2D eigenvalue weighted by Gasteiger charge is -2.12. The summed E-state index contributed by atoms with van der Waals surface area (Å²) in [6.45, 7) is 0. The first-order chi connectivity index (χ1) is 8.52. The molecule has 0 unspecified atom stereocenters. The van der Waals surface area contributed by atoms with Crippen molar-refractivity contribution >= 4 is 6.29 Å². The molecule has 0 aromatic heterocycles. The Morgan fingerprint density at radius 3 is 2.06 bits per heavy atom. The fourth-order valence-corrected chi connectivity index (χ4v) is 1.72. The highest BCUT2D eigenvalue weighted by Crippen LogP contribution is 2.36. The van der Waals surface area contributed by atoms with Gasteiger partial charge in [-0.25, -0.2) is 0 Å². The number of hydrogen-bond acceptors (Lipinski definition) is 1. The van der Waals surface area contributed by atoms with Crippen LogP contribution in [0.4, 0.5) is 13.2 Å². The van der Waals surface area contributed by atoms with E-state index in [1.54, 1.807) is 6.07 Å². The highest BCUT2D eigenvalue weighted by Gasteiger charge is 2.33. The fourth-order valence-electron chi connectivity index (χ4n) is 1.72. The van der Waals surface area contributed by atoms with Gasteiger partial charge in [0, 0.05) is 5.56 Å². The first-order valence-electron chi connectivity index (χ1n) is 5.24. The highest BCUT2D eigenvalue weighted by molar-refractivity contribution is 5.77. The van der Waals surface area contributed by atoms with Gasteiger partial charge in [-0.2, -0.15) is 13.2 Å². The maximum atomic E-state index is 12.8.